The zero-order valence-electron chi connectivity index (χ0n) is 16.2. The van der Waals surface area contributed by atoms with Gasteiger partial charge in [-0.2, -0.15) is 5.10 Å². The Balaban J connectivity index is 1.75. The van der Waals surface area contributed by atoms with Gasteiger partial charge >= 0.3 is 5.91 Å². The highest BCUT2D eigenvalue weighted by molar-refractivity contribution is 14.1. The van der Waals surface area contributed by atoms with Gasteiger partial charge in [0.2, 0.25) is 0 Å². The number of nitro groups is 1. The Labute approximate surface area is 185 Å². The van der Waals surface area contributed by atoms with E-state index in [2.05, 4.69) is 33.1 Å². The quantitative estimate of drug-likeness (QED) is 0.201. The van der Waals surface area contributed by atoms with Gasteiger partial charge in [0.25, 0.3) is 5.69 Å². The van der Waals surface area contributed by atoms with Crippen molar-refractivity contribution in [3.63, 3.8) is 0 Å². The van der Waals surface area contributed by atoms with Crippen LogP contribution in [0.4, 0.5) is 5.69 Å². The van der Waals surface area contributed by atoms with Crippen molar-refractivity contribution in [2.75, 3.05) is 13.2 Å². The van der Waals surface area contributed by atoms with E-state index in [1.54, 1.807) is 6.07 Å². The van der Waals surface area contributed by atoms with Gasteiger partial charge in [0.05, 0.1) is 27.9 Å². The van der Waals surface area contributed by atoms with Crippen LogP contribution in [0.15, 0.2) is 45.9 Å². The first-order valence-electron chi connectivity index (χ1n) is 9.03. The van der Waals surface area contributed by atoms with Crippen molar-refractivity contribution < 1.29 is 23.6 Å². The summed E-state index contributed by atoms with van der Waals surface area (Å²) in [5.74, 6) is 0.685. The highest BCUT2D eigenvalue weighted by Gasteiger charge is 2.15. The Morgan fingerprint density at radius 1 is 1.23 bits per heavy atom. The third-order valence-electron chi connectivity index (χ3n) is 3.93. The fraction of sp³-hybridized carbons (Fsp3) is 0.200. The van der Waals surface area contributed by atoms with E-state index in [-0.39, 0.29) is 11.4 Å². The maximum absolute atomic E-state index is 12.3. The van der Waals surface area contributed by atoms with Crippen LogP contribution >= 0.6 is 22.6 Å². The molecule has 0 bridgehead atoms. The summed E-state index contributed by atoms with van der Waals surface area (Å²) in [6.07, 6.45) is 1.48. The van der Waals surface area contributed by atoms with Gasteiger partial charge in [0.1, 0.15) is 5.58 Å². The average molecular weight is 523 g/mol. The molecule has 1 heterocycles. The monoisotopic (exact) mass is 523 g/mol. The van der Waals surface area contributed by atoms with Gasteiger partial charge in [0, 0.05) is 17.5 Å². The Bertz CT molecular complexity index is 1130. The zero-order valence-corrected chi connectivity index (χ0v) is 18.3. The second-order valence-corrected chi connectivity index (χ2v) is 7.15. The number of hydrogen-bond donors (Lipinski definition) is 1. The van der Waals surface area contributed by atoms with Gasteiger partial charge in [-0.3, -0.25) is 14.9 Å². The number of nitrogens with one attached hydrogen (secondary N) is 1. The number of amides is 1. The van der Waals surface area contributed by atoms with Crippen LogP contribution in [-0.4, -0.2) is 30.3 Å². The minimum absolute atomic E-state index is 0.000993. The van der Waals surface area contributed by atoms with Crippen LogP contribution in [0.2, 0.25) is 0 Å². The highest BCUT2D eigenvalue weighted by Crippen LogP contribution is 2.33. The van der Waals surface area contributed by atoms with Gasteiger partial charge in [-0.25, -0.2) is 5.43 Å². The number of carbonyl (C=O) groups is 1. The molecule has 0 atom stereocenters. The third kappa shape index (κ3) is 4.87. The molecule has 1 N–H and O–H groups in total. The molecule has 0 spiro atoms. The third-order valence-corrected chi connectivity index (χ3v) is 4.74. The molecule has 1 amide bonds. The van der Waals surface area contributed by atoms with Gasteiger partial charge in [-0.1, -0.05) is 0 Å². The lowest BCUT2D eigenvalue weighted by Crippen LogP contribution is -2.16. The molecule has 2 aromatic carbocycles. The molecule has 156 valence electrons. The Morgan fingerprint density at radius 3 is 2.70 bits per heavy atom. The number of non-ortho nitro benzene ring substituents is 1. The number of hydrogen-bond acceptors (Lipinski definition) is 7. The number of fused-ring (bicyclic) bond motifs is 1. The SMILES string of the molecule is CCOc1cc(/C=N/NC(=O)c2cc3cc([N+](=O)[O-])ccc3o2)cc(I)c1OCC. The molecule has 10 heteroatoms. The number of ether oxygens (including phenoxy) is 2. The lowest BCUT2D eigenvalue weighted by atomic mass is 10.2. The van der Waals surface area contributed by atoms with E-state index in [1.165, 1.54) is 30.5 Å². The first kappa shape index (κ1) is 21.6. The highest BCUT2D eigenvalue weighted by atomic mass is 127. The minimum atomic E-state index is -0.573. The van der Waals surface area contributed by atoms with Gasteiger partial charge in [0.15, 0.2) is 17.3 Å². The summed E-state index contributed by atoms with van der Waals surface area (Å²) >= 11 is 2.15. The van der Waals surface area contributed by atoms with Crippen molar-refractivity contribution in [3.05, 3.63) is 61.4 Å². The second-order valence-electron chi connectivity index (χ2n) is 5.99. The predicted octanol–water partition coefficient (Wildman–Crippen LogP) is 4.51. The fourth-order valence-corrected chi connectivity index (χ4v) is 3.47. The minimum Gasteiger partial charge on any atom is -0.490 e. The van der Waals surface area contributed by atoms with E-state index in [4.69, 9.17) is 13.9 Å². The molecule has 0 radical (unpaired) electrons. The average Bonchev–Trinajstić information content (AvgIpc) is 3.14. The normalized spacial score (nSPS) is 11.0. The van der Waals surface area contributed by atoms with E-state index < -0.39 is 10.8 Å². The van der Waals surface area contributed by atoms with Crippen LogP contribution < -0.4 is 14.9 Å². The molecule has 0 aliphatic heterocycles. The topological polar surface area (TPSA) is 116 Å². The molecule has 0 saturated carbocycles. The van der Waals surface area contributed by atoms with E-state index in [9.17, 15) is 14.9 Å². The number of nitrogens with zero attached hydrogens (tertiary/aromatic N) is 2. The largest absolute Gasteiger partial charge is 0.490 e. The Morgan fingerprint density at radius 2 is 2.00 bits per heavy atom. The number of carbonyl (C=O) groups excluding carboxylic acids is 1. The summed E-state index contributed by atoms with van der Waals surface area (Å²) in [6.45, 7) is 4.77. The van der Waals surface area contributed by atoms with E-state index >= 15 is 0 Å². The summed E-state index contributed by atoms with van der Waals surface area (Å²) in [4.78, 5) is 22.7. The van der Waals surface area contributed by atoms with Crippen LogP contribution in [0, 0.1) is 13.7 Å². The van der Waals surface area contributed by atoms with Crippen LogP contribution in [0.25, 0.3) is 11.0 Å². The van der Waals surface area contributed by atoms with Crippen molar-refractivity contribution in [2.45, 2.75) is 13.8 Å². The molecule has 0 saturated heterocycles. The van der Waals surface area contributed by atoms with Crippen LogP contribution in [0.5, 0.6) is 11.5 Å². The Hall–Kier alpha value is -3.15. The molecule has 1 aromatic heterocycles. The molecular formula is C20H18IN3O6. The number of halogens is 1. The van der Waals surface area contributed by atoms with Crippen molar-refractivity contribution in [1.29, 1.82) is 0 Å². The maximum atomic E-state index is 12.3. The van der Waals surface area contributed by atoms with Crippen LogP contribution in [0.3, 0.4) is 0 Å². The molecule has 0 unspecified atom stereocenters. The number of benzene rings is 2. The second kappa shape index (κ2) is 9.57. The number of furan rings is 1. The van der Waals surface area contributed by atoms with Crippen molar-refractivity contribution in [1.82, 2.24) is 5.43 Å². The summed E-state index contributed by atoms with van der Waals surface area (Å²) < 4.78 is 17.5. The Kier molecular flexibility index (Phi) is 6.87. The molecule has 30 heavy (non-hydrogen) atoms. The molecule has 0 aliphatic carbocycles. The van der Waals surface area contributed by atoms with E-state index in [0.29, 0.717) is 41.2 Å². The molecule has 0 aliphatic rings. The molecule has 3 aromatic rings. The van der Waals surface area contributed by atoms with Gasteiger partial charge < -0.3 is 13.9 Å². The zero-order chi connectivity index (χ0) is 21.7. The lowest BCUT2D eigenvalue weighted by molar-refractivity contribution is -0.384. The first-order valence-corrected chi connectivity index (χ1v) is 10.1. The smallest absolute Gasteiger partial charge is 0.307 e. The molecule has 0 fully saturated rings. The summed E-state index contributed by atoms with van der Waals surface area (Å²) in [7, 11) is 0. The molecule has 9 nitrogen and oxygen atoms in total. The number of nitro benzene ring substituents is 1. The van der Waals surface area contributed by atoms with Crippen molar-refractivity contribution in [3.8, 4) is 11.5 Å². The van der Waals surface area contributed by atoms with Crippen LogP contribution in [0.1, 0.15) is 30.0 Å². The first-order chi connectivity index (χ1) is 14.4. The lowest BCUT2D eigenvalue weighted by Gasteiger charge is -2.13. The predicted molar refractivity (Wildman–Crippen MR) is 119 cm³/mol. The summed E-state index contributed by atoms with van der Waals surface area (Å²) in [5.41, 5.74) is 3.39. The molecular weight excluding hydrogens is 505 g/mol. The van der Waals surface area contributed by atoms with Gasteiger partial charge in [-0.05, 0) is 66.3 Å². The van der Waals surface area contributed by atoms with E-state index in [1.807, 2.05) is 19.9 Å². The fourth-order valence-electron chi connectivity index (χ4n) is 2.69. The summed E-state index contributed by atoms with van der Waals surface area (Å²) in [6, 6.07) is 9.16. The number of rotatable bonds is 8. The van der Waals surface area contributed by atoms with Crippen molar-refractivity contribution in [2.24, 2.45) is 5.10 Å². The van der Waals surface area contributed by atoms with Gasteiger partial charge in [-0.15, -0.1) is 0 Å². The van der Waals surface area contributed by atoms with E-state index in [0.717, 1.165) is 3.57 Å². The van der Waals surface area contributed by atoms with Crippen molar-refractivity contribution >= 4 is 51.4 Å². The van der Waals surface area contributed by atoms with Crippen LogP contribution in [-0.2, 0) is 0 Å². The maximum Gasteiger partial charge on any atom is 0.307 e. The standard InChI is InChI=1S/C20H18IN3O6/c1-3-28-17-8-12(7-15(21)19(17)29-4-2)11-22-23-20(25)18-10-13-9-14(24(26)27)5-6-16(13)30-18/h5-11H,3-4H2,1-2H3,(H,23,25)/b22-11+. The molecule has 3 rings (SSSR count). The number of hydrazone groups is 1. The summed E-state index contributed by atoms with van der Waals surface area (Å²) in [5, 5.41) is 15.3.